The average Bonchev–Trinajstić information content (AvgIpc) is 3.26. The van der Waals surface area contributed by atoms with Gasteiger partial charge in [0.25, 0.3) is 5.91 Å². The highest BCUT2D eigenvalue weighted by molar-refractivity contribution is 5.97. The molecular formula is C22H24N6O3. The van der Waals surface area contributed by atoms with E-state index < -0.39 is 0 Å². The van der Waals surface area contributed by atoms with Gasteiger partial charge in [-0.15, -0.1) is 0 Å². The molecule has 2 aromatic heterocycles. The molecular weight excluding hydrogens is 396 g/mol. The number of rotatable bonds is 6. The molecule has 0 atom stereocenters. The van der Waals surface area contributed by atoms with Crippen LogP contribution in [0.1, 0.15) is 30.1 Å². The Labute approximate surface area is 179 Å². The third-order valence-electron chi connectivity index (χ3n) is 5.31. The number of carbonyl (C=O) groups excluding carboxylic acids is 3. The molecule has 1 saturated heterocycles. The number of nitrogens with zero attached hydrogens (tertiary/aromatic N) is 4. The first-order valence-electron chi connectivity index (χ1n) is 10.2. The molecule has 0 aliphatic carbocycles. The summed E-state index contributed by atoms with van der Waals surface area (Å²) in [6, 6.07) is 9.24. The minimum absolute atomic E-state index is 0.0920. The number of Topliss-reactive ketones (excluding diaryl/α,β-unsaturated/α-hetero) is 1. The molecule has 4 rings (SSSR count). The largest absolute Gasteiger partial charge is 0.355 e. The second-order valence-corrected chi connectivity index (χ2v) is 7.45. The lowest BCUT2D eigenvalue weighted by Crippen LogP contribution is -2.38. The van der Waals surface area contributed by atoms with E-state index in [-0.39, 0.29) is 17.6 Å². The second-order valence-electron chi connectivity index (χ2n) is 7.45. The van der Waals surface area contributed by atoms with Crippen LogP contribution in [0, 0.1) is 0 Å². The van der Waals surface area contributed by atoms with Crippen molar-refractivity contribution in [2.24, 2.45) is 0 Å². The minimum atomic E-state index is -0.113. The lowest BCUT2D eigenvalue weighted by molar-refractivity contribution is -0.121. The number of fused-ring (bicyclic) bond motifs is 1. The van der Waals surface area contributed by atoms with E-state index in [1.165, 1.54) is 13.3 Å². The van der Waals surface area contributed by atoms with Crippen LogP contribution in [0.15, 0.2) is 42.9 Å². The fourth-order valence-corrected chi connectivity index (χ4v) is 3.72. The summed E-state index contributed by atoms with van der Waals surface area (Å²) in [7, 11) is 0. The molecule has 2 N–H and O–H groups in total. The number of likely N-dealkylation sites (tertiary alicyclic amines) is 1. The third kappa shape index (κ3) is 4.55. The van der Waals surface area contributed by atoms with Crippen molar-refractivity contribution in [3.8, 4) is 0 Å². The van der Waals surface area contributed by atoms with Crippen LogP contribution in [0.3, 0.4) is 0 Å². The molecule has 3 heterocycles. The first kappa shape index (κ1) is 20.5. The third-order valence-corrected chi connectivity index (χ3v) is 5.31. The number of ketones is 1. The van der Waals surface area contributed by atoms with Crippen molar-refractivity contribution in [3.63, 3.8) is 0 Å². The Morgan fingerprint density at radius 3 is 2.77 bits per heavy atom. The molecule has 160 valence electrons. The van der Waals surface area contributed by atoms with Crippen molar-refractivity contribution in [3.05, 3.63) is 48.4 Å². The number of anilines is 2. The maximum Gasteiger partial charge on any atom is 0.253 e. The number of hydrogen-bond acceptors (Lipinski definition) is 6. The molecule has 1 aliphatic heterocycles. The van der Waals surface area contributed by atoms with Crippen molar-refractivity contribution >= 4 is 40.1 Å². The maximum atomic E-state index is 13.0. The van der Waals surface area contributed by atoms with Gasteiger partial charge in [-0.3, -0.25) is 14.4 Å². The molecule has 0 spiro atoms. The molecule has 2 amide bonds. The molecule has 3 aromatic rings. The summed E-state index contributed by atoms with van der Waals surface area (Å²) in [6.45, 7) is 3.25. The van der Waals surface area contributed by atoms with Gasteiger partial charge < -0.3 is 20.1 Å². The molecule has 0 saturated carbocycles. The number of H-pyrrole nitrogens is 1. The van der Waals surface area contributed by atoms with Crippen molar-refractivity contribution in [1.82, 2.24) is 25.2 Å². The van der Waals surface area contributed by atoms with Crippen LogP contribution in [0.4, 0.5) is 11.5 Å². The van der Waals surface area contributed by atoms with Crippen LogP contribution in [0.2, 0.25) is 0 Å². The quantitative estimate of drug-likeness (QED) is 0.631. The molecule has 31 heavy (non-hydrogen) atoms. The van der Waals surface area contributed by atoms with Crippen molar-refractivity contribution in [1.29, 1.82) is 0 Å². The molecule has 9 nitrogen and oxygen atoms in total. The molecule has 0 bridgehead atoms. The monoisotopic (exact) mass is 420 g/mol. The van der Waals surface area contributed by atoms with Crippen LogP contribution in [-0.2, 0) is 9.59 Å². The topological polar surface area (TPSA) is 111 Å². The number of aromatic amines is 1. The molecule has 0 radical (unpaired) electrons. The van der Waals surface area contributed by atoms with Gasteiger partial charge in [0.05, 0.1) is 5.39 Å². The zero-order valence-electron chi connectivity index (χ0n) is 17.3. The lowest BCUT2D eigenvalue weighted by atomic mass is 10.1. The van der Waals surface area contributed by atoms with E-state index in [9.17, 15) is 14.4 Å². The summed E-state index contributed by atoms with van der Waals surface area (Å²) in [5, 5.41) is 3.66. The molecule has 1 fully saturated rings. The number of hydrogen-bond donors (Lipinski definition) is 2. The van der Waals surface area contributed by atoms with E-state index in [1.54, 1.807) is 17.2 Å². The average molecular weight is 420 g/mol. The fourth-order valence-electron chi connectivity index (χ4n) is 3.72. The van der Waals surface area contributed by atoms with Gasteiger partial charge in [-0.2, -0.15) is 0 Å². The highest BCUT2D eigenvalue weighted by Gasteiger charge is 2.23. The zero-order valence-corrected chi connectivity index (χ0v) is 17.3. The van der Waals surface area contributed by atoms with Crippen LogP contribution in [0.5, 0.6) is 0 Å². The number of piperidine rings is 1. The number of amides is 2. The van der Waals surface area contributed by atoms with Crippen molar-refractivity contribution in [2.75, 3.05) is 31.1 Å². The van der Waals surface area contributed by atoms with Gasteiger partial charge in [0.2, 0.25) is 5.91 Å². The standard InChI is InChI=1S/C22H24N6O3/c1-15(29)23-9-12-28(21-19-5-8-24-20(19)25-14-26-21)17-4-2-3-16(13-17)22(31)27-10-6-18(30)7-11-27/h2-5,8,13-14H,6-7,9-12H2,1H3,(H,23,29)(H,24,25,26). The van der Waals surface area contributed by atoms with Crippen molar-refractivity contribution in [2.45, 2.75) is 19.8 Å². The zero-order chi connectivity index (χ0) is 21.8. The van der Waals surface area contributed by atoms with E-state index in [4.69, 9.17) is 0 Å². The van der Waals surface area contributed by atoms with Gasteiger partial charge in [-0.1, -0.05) is 6.07 Å². The Morgan fingerprint density at radius 1 is 1.19 bits per heavy atom. The van der Waals surface area contributed by atoms with Crippen LogP contribution < -0.4 is 10.2 Å². The smallest absolute Gasteiger partial charge is 0.253 e. The summed E-state index contributed by atoms with van der Waals surface area (Å²) in [4.78, 5) is 51.4. The van der Waals surface area contributed by atoms with Gasteiger partial charge in [-0.25, -0.2) is 9.97 Å². The van der Waals surface area contributed by atoms with Gasteiger partial charge in [0.15, 0.2) is 0 Å². The Hall–Kier alpha value is -3.75. The fraction of sp³-hybridized carbons (Fsp3) is 0.318. The predicted molar refractivity (Wildman–Crippen MR) is 116 cm³/mol. The highest BCUT2D eigenvalue weighted by atomic mass is 16.2. The van der Waals surface area contributed by atoms with Gasteiger partial charge in [0, 0.05) is 63.4 Å². The Bertz CT molecular complexity index is 1120. The van der Waals surface area contributed by atoms with E-state index in [0.717, 1.165) is 11.1 Å². The van der Waals surface area contributed by atoms with E-state index in [0.29, 0.717) is 56.0 Å². The summed E-state index contributed by atoms with van der Waals surface area (Å²) < 4.78 is 0. The maximum absolute atomic E-state index is 13.0. The normalized spacial score (nSPS) is 14.0. The van der Waals surface area contributed by atoms with E-state index in [1.807, 2.05) is 29.2 Å². The number of carbonyl (C=O) groups is 3. The van der Waals surface area contributed by atoms with Crippen LogP contribution in [-0.4, -0.2) is 63.6 Å². The van der Waals surface area contributed by atoms with Crippen molar-refractivity contribution < 1.29 is 14.4 Å². The number of benzene rings is 1. The molecule has 1 aromatic carbocycles. The number of aromatic nitrogens is 3. The van der Waals surface area contributed by atoms with Gasteiger partial charge >= 0.3 is 0 Å². The summed E-state index contributed by atoms with van der Waals surface area (Å²) >= 11 is 0. The summed E-state index contributed by atoms with van der Waals surface area (Å²) in [5.74, 6) is 0.676. The second kappa shape index (κ2) is 8.95. The SMILES string of the molecule is CC(=O)NCCN(c1cccc(C(=O)N2CCC(=O)CC2)c1)c1ncnc2[nH]ccc12. The van der Waals surface area contributed by atoms with Gasteiger partial charge in [0.1, 0.15) is 23.6 Å². The number of nitrogens with one attached hydrogen (secondary N) is 2. The highest BCUT2D eigenvalue weighted by Crippen LogP contribution is 2.29. The Morgan fingerprint density at radius 2 is 2.00 bits per heavy atom. The summed E-state index contributed by atoms with van der Waals surface area (Å²) in [5.41, 5.74) is 2.04. The van der Waals surface area contributed by atoms with E-state index >= 15 is 0 Å². The lowest BCUT2D eigenvalue weighted by Gasteiger charge is -2.28. The molecule has 1 aliphatic rings. The first-order chi connectivity index (χ1) is 15.0. The molecule has 9 heteroatoms. The molecule has 0 unspecified atom stereocenters. The van der Waals surface area contributed by atoms with Gasteiger partial charge in [-0.05, 0) is 24.3 Å². The predicted octanol–water partition coefficient (Wildman–Crippen LogP) is 2.04. The van der Waals surface area contributed by atoms with E-state index in [2.05, 4.69) is 20.3 Å². The minimum Gasteiger partial charge on any atom is -0.355 e. The Kier molecular flexibility index (Phi) is 5.92. The van der Waals surface area contributed by atoms with Crippen LogP contribution in [0.25, 0.3) is 11.0 Å². The van der Waals surface area contributed by atoms with Crippen LogP contribution >= 0.6 is 0 Å². The first-order valence-corrected chi connectivity index (χ1v) is 10.2. The Balaban J connectivity index is 1.66. The summed E-state index contributed by atoms with van der Waals surface area (Å²) in [6.07, 6.45) is 4.09.